The predicted octanol–water partition coefficient (Wildman–Crippen LogP) is 5.93. The lowest BCUT2D eigenvalue weighted by Gasteiger charge is -2.35. The summed E-state index contributed by atoms with van der Waals surface area (Å²) in [6, 6.07) is 19.2. The summed E-state index contributed by atoms with van der Waals surface area (Å²) in [5, 5.41) is 20.1. The number of nitrogens with zero attached hydrogens (tertiary/aromatic N) is 4. The lowest BCUT2D eigenvalue weighted by atomic mass is 9.69. The molecular weight excluding hydrogens is 550 g/mol. The van der Waals surface area contributed by atoms with Crippen LogP contribution in [0.5, 0.6) is 0 Å². The fraction of sp³-hybridized carbons (Fsp3) is 0.258. The van der Waals surface area contributed by atoms with E-state index in [1.54, 1.807) is 19.1 Å². The van der Waals surface area contributed by atoms with Gasteiger partial charge in [0.25, 0.3) is 0 Å². The Kier molecular flexibility index (Phi) is 7.39. The van der Waals surface area contributed by atoms with E-state index in [0.717, 1.165) is 24.8 Å². The minimum atomic E-state index is -1.34. The summed E-state index contributed by atoms with van der Waals surface area (Å²) in [5.74, 6) is -0.590. The zero-order valence-corrected chi connectivity index (χ0v) is 24.0. The monoisotopic (exact) mass is 578 g/mol. The van der Waals surface area contributed by atoms with Crippen LogP contribution in [0.1, 0.15) is 54.6 Å². The van der Waals surface area contributed by atoms with Crippen LogP contribution in [0, 0.1) is 24.2 Å². The number of nitrogens with one attached hydrogen (secondary N) is 4. The number of benzene rings is 2. The van der Waals surface area contributed by atoms with Gasteiger partial charge in [-0.05, 0) is 55.5 Å². The van der Waals surface area contributed by atoms with Crippen molar-refractivity contribution in [3.05, 3.63) is 106 Å². The molecule has 2 radical (unpaired) electrons. The van der Waals surface area contributed by atoms with E-state index in [9.17, 15) is 9.65 Å². The second-order valence-electron chi connectivity index (χ2n) is 10.6. The Hall–Kier alpha value is -4.33. The van der Waals surface area contributed by atoms with Crippen LogP contribution in [0.2, 0.25) is 5.02 Å². The molecule has 11 heteroatoms. The summed E-state index contributed by atoms with van der Waals surface area (Å²) in [6.45, 7) is 3.81. The van der Waals surface area contributed by atoms with Gasteiger partial charge in [0.1, 0.15) is 13.9 Å². The summed E-state index contributed by atoms with van der Waals surface area (Å²) < 4.78 is 14.0. The third kappa shape index (κ3) is 5.22. The molecule has 4 N–H and O–H groups in total. The molecule has 0 saturated heterocycles. The van der Waals surface area contributed by atoms with Crippen LogP contribution in [0.25, 0.3) is 10.9 Å². The average molecular weight is 579 g/mol. The average Bonchev–Trinajstić information content (AvgIpc) is 3.71. The third-order valence-electron chi connectivity index (χ3n) is 7.75. The minimum Gasteiger partial charge on any atom is -0.378 e. The summed E-state index contributed by atoms with van der Waals surface area (Å²) >= 11 is 6.81. The number of nitriles is 1. The highest BCUT2D eigenvalue weighted by molar-refractivity contribution is 6.36. The molecule has 2 aromatic heterocycles. The Morgan fingerprint density at radius 1 is 1.24 bits per heavy atom. The lowest BCUT2D eigenvalue weighted by Crippen LogP contribution is -2.46. The van der Waals surface area contributed by atoms with Crippen molar-refractivity contribution in [3.63, 3.8) is 0 Å². The number of pyridine rings is 2. The zero-order valence-electron chi connectivity index (χ0n) is 23.2. The van der Waals surface area contributed by atoms with E-state index in [1.807, 2.05) is 35.5 Å². The Bertz CT molecular complexity index is 1720. The van der Waals surface area contributed by atoms with Gasteiger partial charge in [0.2, 0.25) is 5.95 Å². The first-order chi connectivity index (χ1) is 20.3. The number of aryl methyl sites for hydroxylation is 1. The molecule has 8 nitrogen and oxygen atoms in total. The van der Waals surface area contributed by atoms with Crippen molar-refractivity contribution in [1.82, 2.24) is 25.9 Å². The van der Waals surface area contributed by atoms with Crippen molar-refractivity contribution in [3.8, 4) is 6.07 Å². The maximum atomic E-state index is 14.0. The van der Waals surface area contributed by atoms with Gasteiger partial charge in [-0.2, -0.15) is 9.65 Å². The van der Waals surface area contributed by atoms with Crippen molar-refractivity contribution in [2.75, 3.05) is 10.6 Å². The molecule has 1 fully saturated rings. The number of halogens is 2. The molecule has 1 aliphatic heterocycles. The number of fused-ring (bicyclic) bond motifs is 1. The molecule has 0 bridgehead atoms. The van der Waals surface area contributed by atoms with E-state index in [1.165, 1.54) is 12.3 Å². The number of rotatable bonds is 9. The van der Waals surface area contributed by atoms with E-state index >= 15 is 0 Å². The topological polar surface area (TPSA) is 101 Å². The highest BCUT2D eigenvalue weighted by atomic mass is 35.5. The number of hydrogen-bond donors (Lipinski definition) is 4. The smallest absolute Gasteiger partial charge is 0.213 e. The third-order valence-corrected chi connectivity index (χ3v) is 8.03. The summed E-state index contributed by atoms with van der Waals surface area (Å²) in [6.07, 6.45) is 6.40. The first-order valence-corrected chi connectivity index (χ1v) is 14.2. The highest BCUT2D eigenvalue weighted by Crippen LogP contribution is 2.39. The van der Waals surface area contributed by atoms with Gasteiger partial charge in [-0.25, -0.2) is 4.98 Å². The van der Waals surface area contributed by atoms with Crippen molar-refractivity contribution in [1.29, 1.82) is 5.26 Å². The largest absolute Gasteiger partial charge is 0.378 e. The maximum absolute atomic E-state index is 14.0. The number of anilines is 2. The van der Waals surface area contributed by atoms with Crippen LogP contribution in [-0.2, 0) is 5.44 Å². The van der Waals surface area contributed by atoms with Gasteiger partial charge in [0, 0.05) is 35.2 Å². The summed E-state index contributed by atoms with van der Waals surface area (Å²) in [7, 11) is 7.16. The van der Waals surface area contributed by atoms with Crippen LogP contribution in [0.4, 0.5) is 15.8 Å². The van der Waals surface area contributed by atoms with Crippen LogP contribution >= 0.6 is 11.6 Å². The molecule has 6 rings (SSSR count). The Morgan fingerprint density at radius 2 is 2.02 bits per heavy atom. The van der Waals surface area contributed by atoms with Gasteiger partial charge in [-0.1, -0.05) is 54.9 Å². The molecule has 2 atom stereocenters. The lowest BCUT2D eigenvalue weighted by molar-refractivity contribution is 0.260. The Morgan fingerprint density at radius 3 is 2.71 bits per heavy atom. The molecule has 210 valence electrons. The number of hydrazine groups is 2. The van der Waals surface area contributed by atoms with Crippen LogP contribution < -0.4 is 21.6 Å². The molecule has 2 aliphatic rings. The normalized spacial score (nSPS) is 16.7. The highest BCUT2D eigenvalue weighted by Gasteiger charge is 2.39. The van der Waals surface area contributed by atoms with Crippen molar-refractivity contribution in [2.45, 2.75) is 50.6 Å². The fourth-order valence-corrected chi connectivity index (χ4v) is 5.65. The zero-order chi connectivity index (χ0) is 29.4. The van der Waals surface area contributed by atoms with Crippen LogP contribution in [0.3, 0.4) is 0 Å². The van der Waals surface area contributed by atoms with Gasteiger partial charge < -0.3 is 16.1 Å². The summed E-state index contributed by atoms with van der Waals surface area (Å²) in [5.41, 5.74) is 9.91. The second kappa shape index (κ2) is 11.2. The molecule has 0 amide bonds. The van der Waals surface area contributed by atoms with E-state index in [2.05, 4.69) is 56.7 Å². The second-order valence-corrected chi connectivity index (χ2v) is 11.1. The van der Waals surface area contributed by atoms with Gasteiger partial charge in [-0.15, -0.1) is 5.53 Å². The molecule has 3 heterocycles. The Labute approximate surface area is 250 Å². The van der Waals surface area contributed by atoms with Gasteiger partial charge in [0.15, 0.2) is 0 Å². The van der Waals surface area contributed by atoms with Crippen LogP contribution in [-0.4, -0.2) is 28.9 Å². The van der Waals surface area contributed by atoms with Gasteiger partial charge in [0.05, 0.1) is 39.0 Å². The van der Waals surface area contributed by atoms with E-state index in [0.29, 0.717) is 55.9 Å². The molecule has 1 saturated carbocycles. The minimum absolute atomic E-state index is 0.0480. The molecule has 1 aliphatic carbocycles. The van der Waals surface area contributed by atoms with Crippen LogP contribution in [0.15, 0.2) is 72.7 Å². The number of aromatic nitrogens is 2. The first-order valence-electron chi connectivity index (χ1n) is 13.9. The SMILES string of the molecule is [B][C@@](Nc1cc(Cl)c2ncc(C#N)c(N[C@H](CC)c3ccccc3)c2c1)(C1=CN(C2CC2)NN1)c1ccc(F)nc1C. The maximum Gasteiger partial charge on any atom is 0.213 e. The standard InChI is InChI=1S/C31H29BClFN8/c1-3-26(19-7-5-4-6-8-19)38-29-20(15-35)16-36-30-23(29)13-21(14-25(30)33)39-31(32,24-11-12-28(34)37-18(24)2)27-17-42(41-40-27)22-9-10-22/h4-8,11-14,16-17,22,26,39-41H,3,9-10H2,1-2H3,(H,36,38)/t26-,31+/m1/s1. The predicted molar refractivity (Wildman–Crippen MR) is 164 cm³/mol. The number of hydrogen-bond acceptors (Lipinski definition) is 8. The van der Waals surface area contributed by atoms with Crippen molar-refractivity contribution in [2.24, 2.45) is 0 Å². The molecular formula is C31H29BClFN8. The molecule has 2 aromatic carbocycles. The van der Waals surface area contributed by atoms with Crippen molar-refractivity contribution >= 4 is 41.7 Å². The Balaban J connectivity index is 1.46. The van der Waals surface area contributed by atoms with Gasteiger partial charge in [-0.3, -0.25) is 9.99 Å². The van der Waals surface area contributed by atoms with E-state index in [-0.39, 0.29) is 6.04 Å². The first kappa shape index (κ1) is 27.8. The molecule has 0 unspecified atom stereocenters. The molecule has 42 heavy (non-hydrogen) atoms. The summed E-state index contributed by atoms with van der Waals surface area (Å²) in [4.78, 5) is 8.54. The van der Waals surface area contributed by atoms with Crippen molar-refractivity contribution < 1.29 is 4.39 Å². The molecule has 4 aromatic rings. The van der Waals surface area contributed by atoms with E-state index in [4.69, 9.17) is 19.4 Å². The fourth-order valence-electron chi connectivity index (χ4n) is 5.39. The quantitative estimate of drug-likeness (QED) is 0.143. The molecule has 0 spiro atoms. The van der Waals surface area contributed by atoms with E-state index < -0.39 is 11.4 Å². The van der Waals surface area contributed by atoms with Gasteiger partial charge >= 0.3 is 0 Å².